The summed E-state index contributed by atoms with van der Waals surface area (Å²) in [6.45, 7) is 2.74. The van der Waals surface area contributed by atoms with Crippen LogP contribution in [0.15, 0.2) is 36.5 Å². The third-order valence-electron chi connectivity index (χ3n) is 8.86. The Bertz CT molecular complexity index is 1060. The topological polar surface area (TPSA) is 172 Å². The molecule has 0 aliphatic rings. The van der Waals surface area contributed by atoms with Gasteiger partial charge < -0.3 is 25.2 Å². The Balaban J connectivity index is 4.40. The molecule has 0 spiro atoms. The standard InChI is InChI=1S/C42H76NO10P/c1-3-5-7-9-11-13-15-17-18-19-20-22-23-25-27-29-31-33-40(44)50-35-38(36-51-54(48,49)52-37-39(43)42(46)47)53-41(45)34-32-30-28-26-24-21-16-14-12-10-8-6-4-2/h11,13,17-18,21,24,38-39H,3-10,12,14-16,19-20,22-23,25-37,43H2,1-2H3,(H,46,47)(H,48,49)/b13-11+,18-17+,24-21+/t38-,39+/m1/s1. The van der Waals surface area contributed by atoms with Crippen LogP contribution in [0.1, 0.15) is 181 Å². The highest BCUT2D eigenvalue weighted by Gasteiger charge is 2.28. The summed E-state index contributed by atoms with van der Waals surface area (Å²) < 4.78 is 32.6. The fourth-order valence-corrected chi connectivity index (χ4v) is 6.28. The number of nitrogens with two attached hydrogens (primary N) is 1. The predicted octanol–water partition coefficient (Wildman–Crippen LogP) is 10.8. The Kier molecular flexibility index (Phi) is 36.0. The van der Waals surface area contributed by atoms with Crippen LogP contribution in [0, 0.1) is 0 Å². The zero-order chi connectivity index (χ0) is 40.0. The number of allylic oxidation sites excluding steroid dienone is 6. The van der Waals surface area contributed by atoms with Crippen molar-refractivity contribution in [3.05, 3.63) is 36.5 Å². The molecule has 12 heteroatoms. The minimum atomic E-state index is -4.72. The number of carbonyl (C=O) groups is 3. The lowest BCUT2D eigenvalue weighted by atomic mass is 10.1. The lowest BCUT2D eigenvalue weighted by Gasteiger charge is -2.20. The molecular weight excluding hydrogens is 709 g/mol. The van der Waals surface area contributed by atoms with E-state index in [0.29, 0.717) is 12.8 Å². The first-order valence-corrected chi connectivity index (χ1v) is 22.5. The molecule has 54 heavy (non-hydrogen) atoms. The molecule has 0 amide bonds. The van der Waals surface area contributed by atoms with Crippen LogP contribution in [-0.2, 0) is 37.5 Å². The Morgan fingerprint density at radius 3 is 1.52 bits per heavy atom. The minimum absolute atomic E-state index is 0.139. The Morgan fingerprint density at radius 1 is 0.574 bits per heavy atom. The largest absolute Gasteiger partial charge is 0.480 e. The lowest BCUT2D eigenvalue weighted by Crippen LogP contribution is -2.34. The average Bonchev–Trinajstić information content (AvgIpc) is 3.14. The van der Waals surface area contributed by atoms with Crippen LogP contribution in [0.4, 0.5) is 0 Å². The molecule has 0 rings (SSSR count). The molecule has 1 unspecified atom stereocenters. The van der Waals surface area contributed by atoms with Crippen molar-refractivity contribution in [1.82, 2.24) is 0 Å². The quantitative estimate of drug-likeness (QED) is 0.0234. The SMILES string of the molecule is CCCCC/C=C/C/C=C/CCCCCCCCCC(=O)OC[C@H](COP(=O)(O)OC[C@H](N)C(=O)O)OC(=O)CCCCC/C=C/CCCCCCCC. The van der Waals surface area contributed by atoms with Gasteiger partial charge in [0.1, 0.15) is 12.6 Å². The van der Waals surface area contributed by atoms with Gasteiger partial charge in [-0.3, -0.25) is 23.4 Å². The first kappa shape index (κ1) is 51.7. The smallest absolute Gasteiger partial charge is 0.472 e. The Hall–Kier alpha value is -2.30. The molecule has 11 nitrogen and oxygen atoms in total. The van der Waals surface area contributed by atoms with Gasteiger partial charge in [0, 0.05) is 12.8 Å². The number of hydrogen-bond acceptors (Lipinski definition) is 9. The van der Waals surface area contributed by atoms with Crippen LogP contribution in [0.3, 0.4) is 0 Å². The molecular formula is C42H76NO10P. The van der Waals surface area contributed by atoms with Crippen LogP contribution < -0.4 is 5.73 Å². The van der Waals surface area contributed by atoms with E-state index in [9.17, 15) is 23.8 Å². The van der Waals surface area contributed by atoms with E-state index < -0.39 is 51.1 Å². The highest BCUT2D eigenvalue weighted by Crippen LogP contribution is 2.43. The van der Waals surface area contributed by atoms with Crippen molar-refractivity contribution in [3.8, 4) is 0 Å². The molecule has 0 aliphatic carbocycles. The number of carbonyl (C=O) groups excluding carboxylic acids is 2. The molecule has 0 saturated heterocycles. The molecule has 4 N–H and O–H groups in total. The van der Waals surface area contributed by atoms with E-state index in [0.717, 1.165) is 57.8 Å². The normalized spacial score (nSPS) is 14.1. The van der Waals surface area contributed by atoms with Gasteiger partial charge in [0.2, 0.25) is 0 Å². The van der Waals surface area contributed by atoms with E-state index in [-0.39, 0.29) is 19.4 Å². The van der Waals surface area contributed by atoms with E-state index in [2.05, 4.69) is 54.8 Å². The van der Waals surface area contributed by atoms with E-state index in [4.69, 9.17) is 24.8 Å². The highest BCUT2D eigenvalue weighted by atomic mass is 31.2. The summed E-state index contributed by atoms with van der Waals surface area (Å²) in [4.78, 5) is 45.9. The first-order chi connectivity index (χ1) is 26.1. The monoisotopic (exact) mass is 786 g/mol. The van der Waals surface area contributed by atoms with Gasteiger partial charge in [0.05, 0.1) is 13.2 Å². The highest BCUT2D eigenvalue weighted by molar-refractivity contribution is 7.47. The Morgan fingerprint density at radius 2 is 0.981 bits per heavy atom. The number of ether oxygens (including phenoxy) is 2. The zero-order valence-corrected chi connectivity index (χ0v) is 34.7. The maximum absolute atomic E-state index is 12.6. The maximum Gasteiger partial charge on any atom is 0.472 e. The molecule has 0 aromatic rings. The predicted molar refractivity (Wildman–Crippen MR) is 217 cm³/mol. The number of carboxylic acids is 1. The van der Waals surface area contributed by atoms with Gasteiger partial charge in [-0.15, -0.1) is 0 Å². The fourth-order valence-electron chi connectivity index (χ4n) is 5.50. The van der Waals surface area contributed by atoms with Crippen molar-refractivity contribution in [2.24, 2.45) is 5.73 Å². The maximum atomic E-state index is 12.6. The number of unbranched alkanes of at least 4 members (excludes halogenated alkanes) is 19. The summed E-state index contributed by atoms with van der Waals surface area (Å²) in [6, 6.07) is -1.52. The Labute approximate surface area is 327 Å². The van der Waals surface area contributed by atoms with Crippen LogP contribution in [0.25, 0.3) is 0 Å². The van der Waals surface area contributed by atoms with Crippen LogP contribution in [0.2, 0.25) is 0 Å². The fraction of sp³-hybridized carbons (Fsp3) is 0.786. The number of rotatable bonds is 39. The summed E-state index contributed by atoms with van der Waals surface area (Å²) >= 11 is 0. The van der Waals surface area contributed by atoms with Crippen LogP contribution in [0.5, 0.6) is 0 Å². The number of esters is 2. The molecule has 0 radical (unpaired) electrons. The zero-order valence-electron chi connectivity index (χ0n) is 33.8. The molecule has 3 atom stereocenters. The van der Waals surface area contributed by atoms with E-state index >= 15 is 0 Å². The second-order valence-electron chi connectivity index (χ2n) is 14.1. The van der Waals surface area contributed by atoms with Gasteiger partial charge in [-0.2, -0.15) is 0 Å². The summed E-state index contributed by atoms with van der Waals surface area (Å²) in [5.41, 5.74) is 5.32. The van der Waals surface area contributed by atoms with Gasteiger partial charge >= 0.3 is 25.7 Å². The number of hydrogen-bond donors (Lipinski definition) is 3. The van der Waals surface area contributed by atoms with Gasteiger partial charge in [0.25, 0.3) is 0 Å². The summed E-state index contributed by atoms with van der Waals surface area (Å²) in [7, 11) is -4.72. The third kappa shape index (κ3) is 36.7. The number of carboxylic acid groups (broad SMARTS) is 1. The number of phosphoric acid groups is 1. The van der Waals surface area contributed by atoms with Crippen molar-refractivity contribution in [2.45, 2.75) is 193 Å². The molecule has 0 fully saturated rings. The summed E-state index contributed by atoms with van der Waals surface area (Å²) in [5.74, 6) is -2.41. The average molecular weight is 786 g/mol. The van der Waals surface area contributed by atoms with Crippen molar-refractivity contribution in [2.75, 3.05) is 19.8 Å². The lowest BCUT2D eigenvalue weighted by molar-refractivity contribution is -0.161. The number of phosphoric ester groups is 1. The van der Waals surface area contributed by atoms with Crippen LogP contribution in [-0.4, -0.2) is 59.9 Å². The van der Waals surface area contributed by atoms with E-state index in [1.165, 1.54) is 83.5 Å². The second-order valence-corrected chi connectivity index (χ2v) is 15.6. The van der Waals surface area contributed by atoms with Gasteiger partial charge in [-0.1, -0.05) is 134 Å². The molecule has 314 valence electrons. The second kappa shape index (κ2) is 37.6. The van der Waals surface area contributed by atoms with Gasteiger partial charge in [-0.25, -0.2) is 4.57 Å². The van der Waals surface area contributed by atoms with Gasteiger partial charge in [-0.05, 0) is 70.6 Å². The number of aliphatic carboxylic acids is 1. The third-order valence-corrected chi connectivity index (χ3v) is 9.81. The summed E-state index contributed by atoms with van der Waals surface area (Å²) in [6.07, 6.45) is 39.2. The molecule has 0 saturated carbocycles. The van der Waals surface area contributed by atoms with Crippen molar-refractivity contribution < 1.29 is 47.5 Å². The molecule has 0 bridgehead atoms. The molecule has 0 aromatic heterocycles. The molecule has 0 aliphatic heterocycles. The first-order valence-electron chi connectivity index (χ1n) is 21.0. The molecule has 0 heterocycles. The van der Waals surface area contributed by atoms with Crippen LogP contribution >= 0.6 is 7.82 Å². The summed E-state index contributed by atoms with van der Waals surface area (Å²) in [5, 5.41) is 8.87. The van der Waals surface area contributed by atoms with Crippen molar-refractivity contribution in [1.29, 1.82) is 0 Å². The van der Waals surface area contributed by atoms with Gasteiger partial charge in [0.15, 0.2) is 6.10 Å². The van der Waals surface area contributed by atoms with E-state index in [1.807, 2.05) is 0 Å². The minimum Gasteiger partial charge on any atom is -0.480 e. The molecule has 0 aromatic carbocycles. The van der Waals surface area contributed by atoms with Crippen molar-refractivity contribution >= 4 is 25.7 Å². The van der Waals surface area contributed by atoms with Crippen molar-refractivity contribution in [3.63, 3.8) is 0 Å². The van der Waals surface area contributed by atoms with E-state index in [1.54, 1.807) is 0 Å².